The third-order valence-corrected chi connectivity index (χ3v) is 2.62. The van der Waals surface area contributed by atoms with Crippen LogP contribution >= 0.6 is 11.6 Å². The van der Waals surface area contributed by atoms with Gasteiger partial charge in [-0.3, -0.25) is 4.79 Å². The largest absolute Gasteiger partial charge is 0.455 e. The summed E-state index contributed by atoms with van der Waals surface area (Å²) >= 11 is 5.28. The first kappa shape index (κ1) is 9.52. The van der Waals surface area contributed by atoms with Crippen molar-refractivity contribution in [2.45, 2.75) is 18.6 Å². The van der Waals surface area contributed by atoms with Gasteiger partial charge in [-0.05, 0) is 12.5 Å². The first-order valence-corrected chi connectivity index (χ1v) is 4.88. The van der Waals surface area contributed by atoms with Crippen LogP contribution in [0.3, 0.4) is 0 Å². The second-order valence-electron chi connectivity index (χ2n) is 3.27. The van der Waals surface area contributed by atoms with Crippen molar-refractivity contribution >= 4 is 23.5 Å². The molecule has 2 aliphatic rings. The zero-order chi connectivity index (χ0) is 10.1. The molecule has 0 radical (unpaired) electrons. The topological polar surface area (TPSA) is 52.6 Å². The molecule has 0 bridgehead atoms. The van der Waals surface area contributed by atoms with Gasteiger partial charge in [0, 0.05) is 0 Å². The lowest BCUT2D eigenvalue weighted by atomic mass is 10.0. The van der Waals surface area contributed by atoms with Crippen molar-refractivity contribution in [1.82, 2.24) is 0 Å². The Hall–Kier alpha value is -1.03. The minimum atomic E-state index is -0.777. The number of carbonyl (C=O) groups excluding carboxylic acids is 2. The molecule has 0 N–H and O–H groups in total. The predicted octanol–water partition coefficient (Wildman–Crippen LogP) is 0.638. The van der Waals surface area contributed by atoms with E-state index in [-0.39, 0.29) is 17.9 Å². The van der Waals surface area contributed by atoms with Gasteiger partial charge in [-0.25, -0.2) is 4.79 Å². The molecule has 1 fully saturated rings. The summed E-state index contributed by atoms with van der Waals surface area (Å²) in [6, 6.07) is 0. The smallest absolute Gasteiger partial charge is 0.348 e. The summed E-state index contributed by atoms with van der Waals surface area (Å²) in [5.41, 5.74) is 0. The molecule has 3 atom stereocenters. The second kappa shape index (κ2) is 3.61. The Morgan fingerprint density at radius 2 is 2.50 bits per heavy atom. The van der Waals surface area contributed by atoms with E-state index >= 15 is 0 Å². The van der Waals surface area contributed by atoms with Crippen molar-refractivity contribution in [3.8, 4) is 0 Å². The number of rotatable bonds is 2. The lowest BCUT2D eigenvalue weighted by molar-refractivity contribution is -0.159. The zero-order valence-corrected chi connectivity index (χ0v) is 8.07. The lowest BCUT2D eigenvalue weighted by Gasteiger charge is -2.13. The van der Waals surface area contributed by atoms with Crippen molar-refractivity contribution in [3.05, 3.63) is 12.2 Å². The van der Waals surface area contributed by atoms with Crippen LogP contribution in [0, 0.1) is 5.92 Å². The third-order valence-electron chi connectivity index (χ3n) is 2.40. The summed E-state index contributed by atoms with van der Waals surface area (Å²) in [4.78, 5) is 22.2. The third kappa shape index (κ3) is 1.50. The molecule has 5 heteroatoms. The molecule has 0 aromatic rings. The van der Waals surface area contributed by atoms with Crippen LogP contribution in [-0.4, -0.2) is 30.0 Å². The molecule has 0 amide bonds. The number of allylic oxidation sites excluding steroid dienone is 1. The molecule has 0 aromatic carbocycles. The maximum atomic E-state index is 11.3. The number of esters is 2. The number of hydrogen-bond acceptors (Lipinski definition) is 4. The molecule has 0 spiro atoms. The summed E-state index contributed by atoms with van der Waals surface area (Å²) in [5.74, 6) is -1.35. The van der Waals surface area contributed by atoms with E-state index in [1.165, 1.54) is 0 Å². The lowest BCUT2D eigenvalue weighted by Crippen LogP contribution is -2.29. The van der Waals surface area contributed by atoms with Gasteiger partial charge in [0.15, 0.2) is 0 Å². The molecule has 1 aliphatic carbocycles. The molecule has 14 heavy (non-hydrogen) atoms. The molecule has 1 heterocycles. The van der Waals surface area contributed by atoms with Crippen LogP contribution in [0.2, 0.25) is 0 Å². The molecular formula is C9H9ClO4. The van der Waals surface area contributed by atoms with Gasteiger partial charge in [-0.15, -0.1) is 11.6 Å². The number of ether oxygens (including phenoxy) is 2. The fourth-order valence-corrected chi connectivity index (χ4v) is 1.82. The molecule has 0 unspecified atom stereocenters. The summed E-state index contributed by atoms with van der Waals surface area (Å²) in [6.45, 7) is 0. The minimum Gasteiger partial charge on any atom is -0.455 e. The van der Waals surface area contributed by atoms with Crippen LogP contribution in [0.25, 0.3) is 0 Å². The molecule has 0 saturated carbocycles. The van der Waals surface area contributed by atoms with Crippen LogP contribution in [0.5, 0.6) is 0 Å². The normalized spacial score (nSPS) is 34.1. The van der Waals surface area contributed by atoms with Crippen molar-refractivity contribution in [3.63, 3.8) is 0 Å². The SMILES string of the molecule is O=C(CCl)O[C@@H]1C(=O)O[C@H]2C=CC[C@H]21. The van der Waals surface area contributed by atoms with Crippen molar-refractivity contribution in [1.29, 1.82) is 0 Å². The Balaban J connectivity index is 2.04. The van der Waals surface area contributed by atoms with Gasteiger partial charge in [-0.1, -0.05) is 6.08 Å². The van der Waals surface area contributed by atoms with Crippen LogP contribution in [0.15, 0.2) is 12.2 Å². The Morgan fingerprint density at radius 1 is 1.71 bits per heavy atom. The average Bonchev–Trinajstić information content (AvgIpc) is 2.70. The van der Waals surface area contributed by atoms with Gasteiger partial charge in [0.25, 0.3) is 0 Å². The highest BCUT2D eigenvalue weighted by molar-refractivity contribution is 6.26. The van der Waals surface area contributed by atoms with Gasteiger partial charge >= 0.3 is 11.9 Å². The summed E-state index contributed by atoms with van der Waals surface area (Å²) in [6.07, 6.45) is 3.44. The number of carbonyl (C=O) groups is 2. The van der Waals surface area contributed by atoms with Crippen molar-refractivity contribution in [2.75, 3.05) is 5.88 Å². The Kier molecular flexibility index (Phi) is 2.46. The van der Waals surface area contributed by atoms with E-state index in [1.54, 1.807) is 0 Å². The maximum Gasteiger partial charge on any atom is 0.348 e. The highest BCUT2D eigenvalue weighted by Crippen LogP contribution is 2.33. The molecule has 76 valence electrons. The van der Waals surface area contributed by atoms with E-state index in [4.69, 9.17) is 21.1 Å². The fraction of sp³-hybridized carbons (Fsp3) is 0.556. The van der Waals surface area contributed by atoms with Gasteiger partial charge in [0.1, 0.15) is 12.0 Å². The summed E-state index contributed by atoms with van der Waals surface area (Å²) < 4.78 is 9.90. The quantitative estimate of drug-likeness (QED) is 0.386. The monoisotopic (exact) mass is 216 g/mol. The van der Waals surface area contributed by atoms with E-state index in [0.29, 0.717) is 6.42 Å². The van der Waals surface area contributed by atoms with Gasteiger partial charge in [0.05, 0.1) is 5.92 Å². The number of fused-ring (bicyclic) bond motifs is 1. The number of hydrogen-bond donors (Lipinski definition) is 0. The standard InChI is InChI=1S/C9H9ClO4/c10-4-7(11)14-8-5-2-1-3-6(5)13-9(8)12/h1,3,5-6,8H,2,4H2/t5-,6+,8+/m1/s1. The molecule has 1 aliphatic heterocycles. The van der Waals surface area contributed by atoms with Crippen molar-refractivity contribution in [2.24, 2.45) is 5.92 Å². The van der Waals surface area contributed by atoms with E-state index < -0.39 is 18.0 Å². The Bertz CT molecular complexity index is 299. The van der Waals surface area contributed by atoms with E-state index in [2.05, 4.69) is 0 Å². The highest BCUT2D eigenvalue weighted by atomic mass is 35.5. The molecular weight excluding hydrogens is 208 g/mol. The average molecular weight is 217 g/mol. The Labute approximate surface area is 85.8 Å². The van der Waals surface area contributed by atoms with E-state index in [9.17, 15) is 9.59 Å². The molecule has 1 saturated heterocycles. The van der Waals surface area contributed by atoms with Crippen LogP contribution < -0.4 is 0 Å². The fourth-order valence-electron chi connectivity index (χ4n) is 1.75. The van der Waals surface area contributed by atoms with Gasteiger partial charge in [-0.2, -0.15) is 0 Å². The highest BCUT2D eigenvalue weighted by Gasteiger charge is 2.47. The Morgan fingerprint density at radius 3 is 3.21 bits per heavy atom. The van der Waals surface area contributed by atoms with Gasteiger partial charge in [0.2, 0.25) is 6.10 Å². The van der Waals surface area contributed by atoms with Gasteiger partial charge < -0.3 is 9.47 Å². The molecule has 0 aromatic heterocycles. The minimum absolute atomic E-state index is 0.0605. The number of alkyl halides is 1. The predicted molar refractivity (Wildman–Crippen MR) is 47.7 cm³/mol. The maximum absolute atomic E-state index is 11.3. The molecule has 2 rings (SSSR count). The second-order valence-corrected chi connectivity index (χ2v) is 3.54. The van der Waals surface area contributed by atoms with Crippen molar-refractivity contribution < 1.29 is 19.1 Å². The first-order chi connectivity index (χ1) is 6.72. The molecule has 4 nitrogen and oxygen atoms in total. The van der Waals surface area contributed by atoms with E-state index in [1.807, 2.05) is 12.2 Å². The van der Waals surface area contributed by atoms with Crippen LogP contribution in [-0.2, 0) is 19.1 Å². The van der Waals surface area contributed by atoms with E-state index in [0.717, 1.165) is 0 Å². The van der Waals surface area contributed by atoms with Crippen LogP contribution in [0.1, 0.15) is 6.42 Å². The zero-order valence-electron chi connectivity index (χ0n) is 7.31. The summed E-state index contributed by atoms with van der Waals surface area (Å²) in [7, 11) is 0. The number of halogens is 1. The first-order valence-electron chi connectivity index (χ1n) is 4.35. The van der Waals surface area contributed by atoms with Crippen LogP contribution in [0.4, 0.5) is 0 Å². The summed E-state index contributed by atoms with van der Waals surface area (Å²) in [5, 5.41) is 0.